The Hall–Kier alpha value is -2.08. The summed E-state index contributed by atoms with van der Waals surface area (Å²) in [6, 6.07) is 14.5. The molecule has 2 aromatic carbocycles. The Bertz CT molecular complexity index is 628. The van der Waals surface area contributed by atoms with Crippen molar-refractivity contribution in [2.75, 3.05) is 19.0 Å². The SMILES string of the molecule is COCCc1ccc(Oc2ccc(NC(=O)[C@@H](C)N)cc2)cc1.Cl. The maximum atomic E-state index is 11.5. The highest BCUT2D eigenvalue weighted by molar-refractivity contribution is 5.94. The van der Waals surface area contributed by atoms with Gasteiger partial charge in [-0.15, -0.1) is 12.4 Å². The summed E-state index contributed by atoms with van der Waals surface area (Å²) in [6.45, 7) is 2.35. The molecule has 3 N–H and O–H groups in total. The Labute approximate surface area is 148 Å². The van der Waals surface area contributed by atoms with E-state index in [4.69, 9.17) is 15.2 Å². The number of halogens is 1. The van der Waals surface area contributed by atoms with E-state index in [0.717, 1.165) is 12.2 Å². The van der Waals surface area contributed by atoms with E-state index in [2.05, 4.69) is 5.32 Å². The fourth-order valence-electron chi connectivity index (χ4n) is 1.94. The summed E-state index contributed by atoms with van der Waals surface area (Å²) in [5.41, 5.74) is 7.41. The first kappa shape index (κ1) is 20.0. The van der Waals surface area contributed by atoms with Gasteiger partial charge in [-0.05, 0) is 55.3 Å². The van der Waals surface area contributed by atoms with E-state index in [1.165, 1.54) is 5.56 Å². The molecule has 1 amide bonds. The third-order valence-corrected chi connectivity index (χ3v) is 3.29. The number of carbonyl (C=O) groups excluding carboxylic acids is 1. The summed E-state index contributed by atoms with van der Waals surface area (Å²) >= 11 is 0. The standard InChI is InChI=1S/C18H22N2O3.ClH/c1-13(19)18(21)20-15-5-9-17(10-6-15)23-16-7-3-14(4-8-16)11-12-22-2;/h3-10,13H,11-12,19H2,1-2H3,(H,20,21);1H/t13-;/m1./s1. The predicted octanol–water partition coefficient (Wildman–Crippen LogP) is 3.38. The van der Waals surface area contributed by atoms with Crippen LogP contribution in [0.1, 0.15) is 12.5 Å². The highest BCUT2D eigenvalue weighted by Crippen LogP contribution is 2.23. The van der Waals surface area contributed by atoms with Crippen molar-refractivity contribution >= 4 is 24.0 Å². The molecule has 0 saturated heterocycles. The van der Waals surface area contributed by atoms with Crippen molar-refractivity contribution in [1.29, 1.82) is 0 Å². The van der Waals surface area contributed by atoms with E-state index >= 15 is 0 Å². The van der Waals surface area contributed by atoms with Crippen molar-refractivity contribution in [3.8, 4) is 11.5 Å². The Kier molecular flexibility index (Phi) is 8.26. The monoisotopic (exact) mass is 350 g/mol. The molecule has 2 rings (SSSR count). The Balaban J connectivity index is 0.00000288. The van der Waals surface area contributed by atoms with Crippen LogP contribution in [0.3, 0.4) is 0 Å². The molecule has 24 heavy (non-hydrogen) atoms. The predicted molar refractivity (Wildman–Crippen MR) is 98.1 cm³/mol. The highest BCUT2D eigenvalue weighted by atomic mass is 35.5. The molecule has 0 aliphatic heterocycles. The molecule has 0 aliphatic carbocycles. The molecule has 5 nitrogen and oxygen atoms in total. The van der Waals surface area contributed by atoms with Crippen LogP contribution in [-0.2, 0) is 16.0 Å². The fourth-order valence-corrected chi connectivity index (χ4v) is 1.94. The van der Waals surface area contributed by atoms with Crippen LogP contribution in [0.15, 0.2) is 48.5 Å². The lowest BCUT2D eigenvalue weighted by molar-refractivity contribution is -0.117. The molecule has 0 spiro atoms. The van der Waals surface area contributed by atoms with E-state index in [1.807, 2.05) is 24.3 Å². The zero-order chi connectivity index (χ0) is 16.7. The number of anilines is 1. The van der Waals surface area contributed by atoms with Crippen LogP contribution in [0, 0.1) is 0 Å². The first-order chi connectivity index (χ1) is 11.1. The molecule has 0 radical (unpaired) electrons. The van der Waals surface area contributed by atoms with Crippen molar-refractivity contribution in [3.63, 3.8) is 0 Å². The van der Waals surface area contributed by atoms with Gasteiger partial charge in [-0.1, -0.05) is 12.1 Å². The molecule has 6 heteroatoms. The zero-order valence-electron chi connectivity index (χ0n) is 13.8. The topological polar surface area (TPSA) is 73.6 Å². The van der Waals surface area contributed by atoms with Crippen LogP contribution in [0.4, 0.5) is 5.69 Å². The number of hydrogen-bond donors (Lipinski definition) is 2. The number of nitrogens with one attached hydrogen (secondary N) is 1. The van der Waals surface area contributed by atoms with Gasteiger partial charge < -0.3 is 20.5 Å². The van der Waals surface area contributed by atoms with Crippen molar-refractivity contribution < 1.29 is 14.3 Å². The molecule has 1 atom stereocenters. The van der Waals surface area contributed by atoms with Gasteiger partial charge in [0.1, 0.15) is 11.5 Å². The van der Waals surface area contributed by atoms with Gasteiger partial charge in [-0.2, -0.15) is 0 Å². The summed E-state index contributed by atoms with van der Waals surface area (Å²) < 4.78 is 10.8. The molecule has 130 valence electrons. The van der Waals surface area contributed by atoms with Gasteiger partial charge in [0.25, 0.3) is 0 Å². The van der Waals surface area contributed by atoms with E-state index in [0.29, 0.717) is 18.0 Å². The maximum absolute atomic E-state index is 11.5. The lowest BCUT2D eigenvalue weighted by atomic mass is 10.1. The van der Waals surface area contributed by atoms with Crippen LogP contribution < -0.4 is 15.8 Å². The highest BCUT2D eigenvalue weighted by Gasteiger charge is 2.07. The summed E-state index contributed by atoms with van der Waals surface area (Å²) in [5, 5.41) is 2.73. The molecule has 0 aliphatic rings. The molecule has 0 fully saturated rings. The lowest BCUT2D eigenvalue weighted by Crippen LogP contribution is -2.32. The van der Waals surface area contributed by atoms with E-state index in [-0.39, 0.29) is 18.3 Å². The summed E-state index contributed by atoms with van der Waals surface area (Å²) in [6.07, 6.45) is 0.880. The number of rotatable bonds is 7. The van der Waals surface area contributed by atoms with Crippen LogP contribution in [0.5, 0.6) is 11.5 Å². The van der Waals surface area contributed by atoms with Gasteiger partial charge >= 0.3 is 0 Å². The largest absolute Gasteiger partial charge is 0.457 e. The van der Waals surface area contributed by atoms with E-state index < -0.39 is 6.04 Å². The van der Waals surface area contributed by atoms with Crippen LogP contribution in [-0.4, -0.2) is 25.7 Å². The number of benzene rings is 2. The van der Waals surface area contributed by atoms with Gasteiger partial charge in [-0.3, -0.25) is 4.79 Å². The second kappa shape index (κ2) is 9.93. The summed E-state index contributed by atoms with van der Waals surface area (Å²) in [5.74, 6) is 1.25. The maximum Gasteiger partial charge on any atom is 0.240 e. The van der Waals surface area contributed by atoms with Gasteiger partial charge in [0.2, 0.25) is 5.91 Å². The van der Waals surface area contributed by atoms with Crippen molar-refractivity contribution in [3.05, 3.63) is 54.1 Å². The first-order valence-corrected chi connectivity index (χ1v) is 7.50. The van der Waals surface area contributed by atoms with Crippen molar-refractivity contribution in [1.82, 2.24) is 0 Å². The van der Waals surface area contributed by atoms with Gasteiger partial charge in [0.05, 0.1) is 12.6 Å². The average molecular weight is 351 g/mol. The van der Waals surface area contributed by atoms with Crippen LogP contribution in [0.25, 0.3) is 0 Å². The minimum absolute atomic E-state index is 0. The van der Waals surface area contributed by atoms with Crippen LogP contribution >= 0.6 is 12.4 Å². The number of nitrogens with two attached hydrogens (primary N) is 1. The fraction of sp³-hybridized carbons (Fsp3) is 0.278. The first-order valence-electron chi connectivity index (χ1n) is 7.50. The molecule has 0 bridgehead atoms. The molecule has 2 aromatic rings. The second-order valence-corrected chi connectivity index (χ2v) is 5.29. The third kappa shape index (κ3) is 6.20. The number of ether oxygens (including phenoxy) is 2. The lowest BCUT2D eigenvalue weighted by Gasteiger charge is -2.10. The molecule has 0 unspecified atom stereocenters. The van der Waals surface area contributed by atoms with Crippen LogP contribution in [0.2, 0.25) is 0 Å². The molecular weight excluding hydrogens is 328 g/mol. The number of hydrogen-bond acceptors (Lipinski definition) is 4. The molecular formula is C18H23ClN2O3. The van der Waals surface area contributed by atoms with Crippen molar-refractivity contribution in [2.45, 2.75) is 19.4 Å². The molecule has 0 saturated carbocycles. The number of methoxy groups -OCH3 is 1. The zero-order valence-corrected chi connectivity index (χ0v) is 14.6. The smallest absolute Gasteiger partial charge is 0.240 e. The Morgan fingerprint density at radius 2 is 1.62 bits per heavy atom. The molecule has 0 aromatic heterocycles. The minimum Gasteiger partial charge on any atom is -0.457 e. The third-order valence-electron chi connectivity index (χ3n) is 3.29. The van der Waals surface area contributed by atoms with Gasteiger partial charge in [0, 0.05) is 12.8 Å². The molecule has 0 heterocycles. The summed E-state index contributed by atoms with van der Waals surface area (Å²) in [7, 11) is 1.69. The van der Waals surface area contributed by atoms with Gasteiger partial charge in [0.15, 0.2) is 0 Å². The van der Waals surface area contributed by atoms with E-state index in [1.54, 1.807) is 38.3 Å². The van der Waals surface area contributed by atoms with Gasteiger partial charge in [-0.25, -0.2) is 0 Å². The van der Waals surface area contributed by atoms with E-state index in [9.17, 15) is 4.79 Å². The number of carbonyl (C=O) groups is 1. The Morgan fingerprint density at radius 3 is 2.12 bits per heavy atom. The average Bonchev–Trinajstić information content (AvgIpc) is 2.56. The Morgan fingerprint density at radius 1 is 1.08 bits per heavy atom. The minimum atomic E-state index is -0.539. The van der Waals surface area contributed by atoms with Crippen molar-refractivity contribution in [2.24, 2.45) is 5.73 Å². The number of amides is 1. The summed E-state index contributed by atoms with van der Waals surface area (Å²) in [4.78, 5) is 11.5. The quantitative estimate of drug-likeness (QED) is 0.802. The second-order valence-electron chi connectivity index (χ2n) is 5.29. The normalized spacial score (nSPS) is 11.3.